The number of ether oxygens (including phenoxy) is 1. The summed E-state index contributed by atoms with van der Waals surface area (Å²) in [6.45, 7) is 5.38. The van der Waals surface area contributed by atoms with Gasteiger partial charge in [0, 0.05) is 158 Å². The summed E-state index contributed by atoms with van der Waals surface area (Å²) in [5.74, 6) is 3.00. The van der Waals surface area contributed by atoms with E-state index in [1.807, 2.05) is 151 Å². The first-order valence-corrected chi connectivity index (χ1v) is 40.9. The molecule has 7 aliphatic heterocycles. The fraction of sp³-hybridized carbons (Fsp3) is 0.351. The average molecular weight is 1560 g/mol. The van der Waals surface area contributed by atoms with Gasteiger partial charge in [0.15, 0.2) is 40.2 Å². The number of amides is 1. The predicted octanol–water partition coefficient (Wildman–Crippen LogP) is 22.4. The van der Waals surface area contributed by atoms with E-state index >= 15 is 0 Å². The van der Waals surface area contributed by atoms with Crippen LogP contribution >= 0.6 is 140 Å². The van der Waals surface area contributed by atoms with Crippen LogP contribution in [0.1, 0.15) is 170 Å². The number of hydrogen-bond acceptors (Lipinski definition) is 15. The summed E-state index contributed by atoms with van der Waals surface area (Å²) in [7, 11) is 0. The molecule has 7 aromatic carbocycles. The molecule has 4 aliphatic carbocycles. The molecule has 0 bridgehead atoms. The van der Waals surface area contributed by atoms with Gasteiger partial charge in [-0.15, -0.1) is 70.6 Å². The molecule has 11 aliphatic rings. The SMILES string of the molecule is CC(=O)N1c2ccccc2C(=O)C1Cl.CC1CC(=O)c2ccc(Cl)cc2S1.CSc1ccc2c(c1)C(=O)CC(C)O2.O=C1c2cc(Cl)ccc2SC2CC12.O=C1c2cc(Cl)ccc2SC2CCC12.O=C1c2cc(Cl)ccc2SC2CCCC12.O=C1c2cc(Cl)ccc2SC2CCCCC12. The highest BCUT2D eigenvalue weighted by Crippen LogP contribution is 2.54. The number of carbonyl (C=O) groups is 8. The van der Waals surface area contributed by atoms with E-state index in [4.69, 9.17) is 74.3 Å². The monoisotopic (exact) mass is 1550 g/mol. The average Bonchev–Trinajstić information content (AvgIpc) is 1.71. The fourth-order valence-corrected chi connectivity index (χ4v) is 22.3. The third-order valence-corrected chi connectivity index (χ3v) is 28.3. The van der Waals surface area contributed by atoms with E-state index in [-0.39, 0.29) is 53.0 Å². The van der Waals surface area contributed by atoms with Crippen molar-refractivity contribution in [1.82, 2.24) is 0 Å². The van der Waals surface area contributed by atoms with Gasteiger partial charge in [0.25, 0.3) is 0 Å². The molecule has 7 aromatic rings. The number of ketones is 7. The summed E-state index contributed by atoms with van der Waals surface area (Å²) < 4.78 is 5.57. The van der Waals surface area contributed by atoms with Gasteiger partial charge in [-0.05, 0) is 179 Å². The smallest absolute Gasteiger partial charge is 0.225 e. The molecule has 7 heterocycles. The molecule has 10 nitrogen and oxygen atoms in total. The Hall–Kier alpha value is -4.66. The molecule has 18 rings (SSSR count). The number of anilines is 1. The van der Waals surface area contributed by atoms with Gasteiger partial charge in [0.05, 0.1) is 11.3 Å². The Balaban J connectivity index is 0.000000110. The molecule has 11 unspecified atom stereocenters. The summed E-state index contributed by atoms with van der Waals surface area (Å²) in [5, 5.41) is 5.86. The molecule has 99 heavy (non-hydrogen) atoms. The van der Waals surface area contributed by atoms with E-state index in [9.17, 15) is 38.4 Å². The van der Waals surface area contributed by atoms with Crippen LogP contribution < -0.4 is 9.64 Å². The Morgan fingerprint density at radius 3 is 1.44 bits per heavy atom. The number of carbonyl (C=O) groups excluding carboxylic acids is 8. The molecular weight excluding hydrogens is 1490 g/mol. The summed E-state index contributed by atoms with van der Waals surface area (Å²) in [6, 6.07) is 40.8. The molecule has 11 atom stereocenters. The van der Waals surface area contributed by atoms with Crippen molar-refractivity contribution >= 4 is 192 Å². The maximum Gasteiger partial charge on any atom is 0.225 e. The van der Waals surface area contributed by atoms with Crippen LogP contribution in [0.4, 0.5) is 5.69 Å². The van der Waals surface area contributed by atoms with Crippen molar-refractivity contribution < 1.29 is 43.1 Å². The highest BCUT2D eigenvalue weighted by Gasteiger charge is 2.48. The van der Waals surface area contributed by atoms with E-state index in [0.717, 1.165) is 94.2 Å². The number of nitrogens with zero attached hydrogens (tertiary/aromatic N) is 1. The first-order valence-electron chi connectivity index (χ1n) is 33.0. The maximum absolute atomic E-state index is 12.3. The molecule has 4 fully saturated rings. The third-order valence-electron chi connectivity index (χ3n) is 18.9. The van der Waals surface area contributed by atoms with Gasteiger partial charge in [-0.1, -0.05) is 108 Å². The second-order valence-electron chi connectivity index (χ2n) is 25.8. The fourth-order valence-electron chi connectivity index (χ4n) is 13.7. The van der Waals surface area contributed by atoms with Crippen LogP contribution in [0.25, 0.3) is 0 Å². The van der Waals surface area contributed by atoms with Crippen LogP contribution in [0.2, 0.25) is 25.1 Å². The van der Waals surface area contributed by atoms with Crippen molar-refractivity contribution in [2.45, 2.75) is 165 Å². The van der Waals surface area contributed by atoms with Crippen LogP contribution in [0.3, 0.4) is 0 Å². The summed E-state index contributed by atoms with van der Waals surface area (Å²) in [5.41, 5.74) is 5.15. The van der Waals surface area contributed by atoms with E-state index in [0.29, 0.717) is 98.6 Å². The number of fused-ring (bicyclic) bond motifs is 11. The zero-order chi connectivity index (χ0) is 70.1. The molecular formula is C77H69Cl6NO9S6. The Labute approximate surface area is 632 Å². The van der Waals surface area contributed by atoms with Gasteiger partial charge in [0.2, 0.25) is 11.7 Å². The lowest BCUT2D eigenvalue weighted by molar-refractivity contribution is -0.116. The minimum absolute atomic E-state index is 0.00938. The van der Waals surface area contributed by atoms with Gasteiger partial charge >= 0.3 is 0 Å². The molecule has 514 valence electrons. The highest BCUT2D eigenvalue weighted by molar-refractivity contribution is 8.01. The Kier molecular flexibility index (Phi) is 24.4. The number of halogens is 6. The van der Waals surface area contributed by atoms with E-state index in [2.05, 4.69) is 6.92 Å². The van der Waals surface area contributed by atoms with Gasteiger partial charge in [-0.25, -0.2) is 0 Å². The van der Waals surface area contributed by atoms with Crippen LogP contribution in [0.5, 0.6) is 5.75 Å². The normalized spacial score (nSPS) is 25.4. The number of para-hydroxylation sites is 1. The van der Waals surface area contributed by atoms with E-state index < -0.39 is 5.50 Å². The predicted molar refractivity (Wildman–Crippen MR) is 408 cm³/mol. The van der Waals surface area contributed by atoms with Crippen molar-refractivity contribution in [3.05, 3.63) is 198 Å². The Morgan fingerprint density at radius 1 is 0.444 bits per heavy atom. The van der Waals surface area contributed by atoms with Crippen LogP contribution in [0, 0.1) is 23.7 Å². The van der Waals surface area contributed by atoms with E-state index in [1.165, 1.54) is 50.3 Å². The molecule has 0 spiro atoms. The number of rotatable bonds is 1. The van der Waals surface area contributed by atoms with Gasteiger partial charge < -0.3 is 4.74 Å². The first-order chi connectivity index (χ1) is 47.5. The van der Waals surface area contributed by atoms with Crippen molar-refractivity contribution in [2.75, 3.05) is 11.2 Å². The Morgan fingerprint density at radius 2 is 0.909 bits per heavy atom. The number of benzene rings is 7. The summed E-state index contributed by atoms with van der Waals surface area (Å²) >= 11 is 46.0. The minimum atomic E-state index is -0.884. The van der Waals surface area contributed by atoms with Gasteiger partial charge in [-0.3, -0.25) is 43.3 Å². The minimum Gasteiger partial charge on any atom is -0.489 e. The molecule has 22 heteroatoms. The van der Waals surface area contributed by atoms with E-state index in [1.54, 1.807) is 66.0 Å². The van der Waals surface area contributed by atoms with Crippen molar-refractivity contribution in [3.8, 4) is 5.75 Å². The number of hydrogen-bond donors (Lipinski definition) is 0. The largest absolute Gasteiger partial charge is 0.489 e. The Bertz CT molecular complexity index is 4380. The lowest BCUT2D eigenvalue weighted by atomic mass is 9.79. The second-order valence-corrected chi connectivity index (χ2v) is 35.9. The van der Waals surface area contributed by atoms with Crippen molar-refractivity contribution in [1.29, 1.82) is 0 Å². The van der Waals surface area contributed by atoms with Crippen LogP contribution in [0.15, 0.2) is 163 Å². The molecule has 1 amide bonds. The van der Waals surface area contributed by atoms with Crippen LogP contribution in [-0.4, -0.2) is 90.5 Å². The second kappa shape index (κ2) is 32.6. The molecule has 4 saturated carbocycles. The molecule has 0 aromatic heterocycles. The molecule has 0 radical (unpaired) electrons. The number of alkyl halides is 1. The molecule has 0 saturated heterocycles. The standard InChI is InChI=1S/C13H13ClOS.C12H11ClOS.C11H9ClOS.C11H12O2S.C10H8ClNO2.C10H7ClOS.C10H9ClOS/c14-8-5-6-12-10(7-8)13(15)9-3-1-2-4-11(9)16-12;13-7-4-5-11-9(6-7)12(14)8-2-1-3-10(8)15-11;12-6-1-3-10-8(5-6)11(13)7-2-4-9(7)14-10;1-7-5-10(12)9-6-8(14-2)3-4-11(9)13-7;1-6(13)12-8-5-3-2-4-7(8)9(14)10(12)11;11-5-1-2-8-6(3-5)10(12)7-4-9(7)13-8;1-6-4-9(12)8-3-2-7(11)5-10(8)13-6/h5-7,9,11H,1-4H2;4-6,8,10H,1-3H2;1,3,5,7,9H,2,4H2;3-4,6-7H,5H2,1-2H3;2-5,10H,1H3;1-3,7,9H,4H2;2-3,5-6H,4H2,1H3. The lowest BCUT2D eigenvalue weighted by Crippen LogP contribution is -2.38. The quantitative estimate of drug-likeness (QED) is 0.0871. The topological polar surface area (TPSA) is 149 Å². The van der Waals surface area contributed by atoms with Crippen molar-refractivity contribution in [2.24, 2.45) is 23.7 Å². The molecule has 0 N–H and O–H groups in total. The lowest BCUT2D eigenvalue weighted by Gasteiger charge is -2.39. The summed E-state index contributed by atoms with van der Waals surface area (Å²) in [6.07, 6.45) is 14.6. The summed E-state index contributed by atoms with van der Waals surface area (Å²) in [4.78, 5) is 102. The van der Waals surface area contributed by atoms with Crippen molar-refractivity contribution in [3.63, 3.8) is 0 Å². The number of Topliss-reactive ketones (excluding diaryl/α,β-unsaturated/α-hetero) is 7. The highest BCUT2D eigenvalue weighted by atomic mass is 35.5. The number of thioether (sulfide) groups is 6. The zero-order valence-corrected chi connectivity index (χ0v) is 63.8. The van der Waals surface area contributed by atoms with Gasteiger partial charge in [0.1, 0.15) is 11.9 Å². The third kappa shape index (κ3) is 17.0. The first kappa shape index (κ1) is 74.1. The zero-order valence-electron chi connectivity index (χ0n) is 54.4. The van der Waals surface area contributed by atoms with Crippen LogP contribution in [-0.2, 0) is 4.79 Å². The maximum atomic E-state index is 12.3. The van der Waals surface area contributed by atoms with Gasteiger partial charge in [-0.2, -0.15) is 0 Å².